The van der Waals surface area contributed by atoms with Crippen molar-refractivity contribution in [3.8, 4) is 0 Å². The molecule has 0 aromatic carbocycles. The average molecular weight is 224 g/mol. The zero-order valence-corrected chi connectivity index (χ0v) is 8.79. The first-order chi connectivity index (χ1) is 7.18. The molecule has 2 rings (SSSR count). The summed E-state index contributed by atoms with van der Waals surface area (Å²) < 4.78 is 0. The van der Waals surface area contributed by atoms with Crippen molar-refractivity contribution < 1.29 is 9.90 Å². The minimum atomic E-state index is -0.0278. The number of ketones is 1. The first-order valence-corrected chi connectivity index (χ1v) is 5.13. The van der Waals surface area contributed by atoms with Gasteiger partial charge in [0.25, 0.3) is 0 Å². The Kier molecular flexibility index (Phi) is 2.73. The van der Waals surface area contributed by atoms with Crippen LogP contribution in [-0.2, 0) is 4.79 Å². The van der Waals surface area contributed by atoms with Crippen LogP contribution in [0.4, 0.5) is 0 Å². The Hall–Kier alpha value is -1.35. The fraction of sp³-hybridized carbons (Fsp3) is 0.273. The summed E-state index contributed by atoms with van der Waals surface area (Å²) in [6, 6.07) is 3.18. The number of aliphatic hydroxyl groups is 1. The van der Waals surface area contributed by atoms with E-state index in [2.05, 4.69) is 4.98 Å². The number of hydrogen-bond acceptors (Lipinski definition) is 3. The number of nitrogens with zero attached hydrogens (tertiary/aromatic N) is 1. The fourth-order valence-electron chi connectivity index (χ4n) is 1.66. The van der Waals surface area contributed by atoms with Crippen LogP contribution in [0.15, 0.2) is 23.9 Å². The fourth-order valence-corrected chi connectivity index (χ4v) is 1.82. The summed E-state index contributed by atoms with van der Waals surface area (Å²) in [5.41, 5.74) is 0.845. The van der Waals surface area contributed by atoms with Gasteiger partial charge in [-0.2, -0.15) is 0 Å². The topological polar surface area (TPSA) is 50.2 Å². The summed E-state index contributed by atoms with van der Waals surface area (Å²) in [5.74, 6) is -0.0192. The van der Waals surface area contributed by atoms with Crippen LogP contribution < -0.4 is 0 Å². The molecule has 0 amide bonds. The van der Waals surface area contributed by atoms with Gasteiger partial charge < -0.3 is 5.11 Å². The second kappa shape index (κ2) is 4.03. The van der Waals surface area contributed by atoms with E-state index in [1.807, 2.05) is 0 Å². The largest absolute Gasteiger partial charge is 0.505 e. The van der Waals surface area contributed by atoms with Crippen LogP contribution in [0.5, 0.6) is 0 Å². The van der Waals surface area contributed by atoms with Crippen LogP contribution in [0.1, 0.15) is 25.0 Å². The highest BCUT2D eigenvalue weighted by atomic mass is 35.5. The molecule has 78 valence electrons. The van der Waals surface area contributed by atoms with E-state index < -0.39 is 0 Å². The van der Waals surface area contributed by atoms with E-state index in [0.717, 1.165) is 6.42 Å². The third-order valence-corrected chi connectivity index (χ3v) is 2.65. The monoisotopic (exact) mass is 223 g/mol. The summed E-state index contributed by atoms with van der Waals surface area (Å²) in [6.07, 6.45) is 3.45. The van der Waals surface area contributed by atoms with Crippen molar-refractivity contribution >= 4 is 23.1 Å². The molecular formula is C11H10ClNO2. The smallest absolute Gasteiger partial charge is 0.162 e. The van der Waals surface area contributed by atoms with Crippen LogP contribution >= 0.6 is 11.6 Å². The van der Waals surface area contributed by atoms with Gasteiger partial charge in [-0.3, -0.25) is 9.78 Å². The quantitative estimate of drug-likeness (QED) is 0.588. The van der Waals surface area contributed by atoms with Crippen LogP contribution in [-0.4, -0.2) is 15.9 Å². The maximum Gasteiger partial charge on any atom is 0.162 e. The van der Waals surface area contributed by atoms with Crippen molar-refractivity contribution in [1.29, 1.82) is 0 Å². The number of pyridine rings is 1. The molecule has 0 atom stereocenters. The summed E-state index contributed by atoms with van der Waals surface area (Å²) in [6.45, 7) is 0. The third kappa shape index (κ3) is 2.02. The highest BCUT2D eigenvalue weighted by Crippen LogP contribution is 2.27. The first kappa shape index (κ1) is 10.2. The van der Waals surface area contributed by atoms with Crippen molar-refractivity contribution in [3.05, 3.63) is 34.6 Å². The summed E-state index contributed by atoms with van der Waals surface area (Å²) >= 11 is 5.77. The Balaban J connectivity index is 2.42. The highest BCUT2D eigenvalue weighted by Gasteiger charge is 2.22. The van der Waals surface area contributed by atoms with Gasteiger partial charge in [0.15, 0.2) is 5.78 Å². The minimum Gasteiger partial charge on any atom is -0.505 e. The molecule has 1 aromatic rings. The Morgan fingerprint density at radius 3 is 2.87 bits per heavy atom. The zero-order valence-electron chi connectivity index (χ0n) is 8.03. The van der Waals surface area contributed by atoms with E-state index >= 15 is 0 Å². The van der Waals surface area contributed by atoms with Gasteiger partial charge in [-0.1, -0.05) is 11.6 Å². The van der Waals surface area contributed by atoms with Crippen LogP contribution in [0.2, 0.25) is 5.02 Å². The minimum absolute atomic E-state index is 0.00859. The number of hydrogen-bond donors (Lipinski definition) is 1. The molecule has 0 saturated heterocycles. The normalized spacial score (nSPS) is 19.4. The van der Waals surface area contributed by atoms with E-state index in [9.17, 15) is 9.90 Å². The van der Waals surface area contributed by atoms with Gasteiger partial charge in [0.05, 0.1) is 0 Å². The lowest BCUT2D eigenvalue weighted by Crippen LogP contribution is -1.98. The lowest BCUT2D eigenvalue weighted by molar-refractivity contribution is -0.114. The van der Waals surface area contributed by atoms with E-state index in [0.29, 0.717) is 29.1 Å². The van der Waals surface area contributed by atoms with Crippen molar-refractivity contribution in [3.63, 3.8) is 0 Å². The maximum absolute atomic E-state index is 11.4. The second-order valence-corrected chi connectivity index (χ2v) is 3.90. The molecule has 0 spiro atoms. The van der Waals surface area contributed by atoms with Crippen LogP contribution in [0.3, 0.4) is 0 Å². The predicted octanol–water partition coefficient (Wildman–Crippen LogP) is 2.76. The molecule has 15 heavy (non-hydrogen) atoms. The number of carbonyl (C=O) groups excluding carboxylic acids is 1. The summed E-state index contributed by atoms with van der Waals surface area (Å²) in [7, 11) is 0. The van der Waals surface area contributed by atoms with Gasteiger partial charge in [-0.05, 0) is 25.0 Å². The molecule has 1 aliphatic carbocycles. The Morgan fingerprint density at radius 2 is 2.27 bits per heavy atom. The SMILES string of the molecule is O=C1CCC/C1=C(/O)c1cc(Cl)ccn1. The molecule has 1 saturated carbocycles. The van der Waals surface area contributed by atoms with Crippen LogP contribution in [0.25, 0.3) is 5.76 Å². The molecule has 0 bridgehead atoms. The van der Waals surface area contributed by atoms with Gasteiger partial charge in [0.2, 0.25) is 0 Å². The lowest BCUT2D eigenvalue weighted by atomic mass is 10.1. The van der Waals surface area contributed by atoms with Gasteiger partial charge in [-0.15, -0.1) is 0 Å². The molecule has 3 nitrogen and oxygen atoms in total. The number of carbonyl (C=O) groups is 1. The van der Waals surface area contributed by atoms with Gasteiger partial charge in [-0.25, -0.2) is 0 Å². The molecule has 4 heteroatoms. The number of aromatic nitrogens is 1. The lowest BCUT2D eigenvalue weighted by Gasteiger charge is -2.02. The third-order valence-electron chi connectivity index (χ3n) is 2.42. The molecule has 1 fully saturated rings. The molecule has 0 aliphatic heterocycles. The van der Waals surface area contributed by atoms with Gasteiger partial charge >= 0.3 is 0 Å². The first-order valence-electron chi connectivity index (χ1n) is 4.75. The molecule has 0 radical (unpaired) electrons. The second-order valence-electron chi connectivity index (χ2n) is 3.46. The van der Waals surface area contributed by atoms with E-state index in [1.165, 1.54) is 6.20 Å². The van der Waals surface area contributed by atoms with Gasteiger partial charge in [0.1, 0.15) is 11.5 Å². The Labute approximate surface area is 92.4 Å². The number of Topliss-reactive ketones (excluding diaryl/α,β-unsaturated/α-hetero) is 1. The number of rotatable bonds is 1. The molecular weight excluding hydrogens is 214 g/mol. The van der Waals surface area contributed by atoms with Crippen molar-refractivity contribution in [1.82, 2.24) is 4.98 Å². The molecule has 0 unspecified atom stereocenters. The zero-order chi connectivity index (χ0) is 10.8. The molecule has 1 aromatic heterocycles. The van der Waals surface area contributed by atoms with Crippen molar-refractivity contribution in [2.45, 2.75) is 19.3 Å². The Morgan fingerprint density at radius 1 is 1.47 bits per heavy atom. The average Bonchev–Trinajstić information content (AvgIpc) is 2.63. The predicted molar refractivity (Wildman–Crippen MR) is 57.7 cm³/mol. The summed E-state index contributed by atoms with van der Waals surface area (Å²) in [4.78, 5) is 15.4. The van der Waals surface area contributed by atoms with E-state index in [4.69, 9.17) is 11.6 Å². The van der Waals surface area contributed by atoms with E-state index in [1.54, 1.807) is 12.1 Å². The number of halogens is 1. The molecule has 1 N–H and O–H groups in total. The maximum atomic E-state index is 11.4. The standard InChI is InChI=1S/C11H10ClNO2/c12-7-4-5-13-9(6-7)11(15)8-2-1-3-10(8)14/h4-6,15H,1-3H2/b11-8-. The number of aliphatic hydroxyl groups excluding tert-OH is 1. The van der Waals surface area contributed by atoms with Crippen LogP contribution in [0, 0.1) is 0 Å². The number of allylic oxidation sites excluding steroid dienone is 1. The molecule has 1 aliphatic rings. The highest BCUT2D eigenvalue weighted by molar-refractivity contribution is 6.30. The van der Waals surface area contributed by atoms with Crippen molar-refractivity contribution in [2.24, 2.45) is 0 Å². The van der Waals surface area contributed by atoms with E-state index in [-0.39, 0.29) is 11.5 Å². The summed E-state index contributed by atoms with van der Waals surface area (Å²) in [5, 5.41) is 10.4. The van der Waals surface area contributed by atoms with Crippen molar-refractivity contribution in [2.75, 3.05) is 0 Å². The van der Waals surface area contributed by atoms with Gasteiger partial charge in [0, 0.05) is 23.2 Å². The molecule has 1 heterocycles. The Bertz CT molecular complexity index is 440.